The molecule has 6 heteroatoms. The number of rotatable bonds is 6. The number of sulfone groups is 1. The first-order chi connectivity index (χ1) is 8.03. The van der Waals surface area contributed by atoms with Crippen molar-refractivity contribution in [2.24, 2.45) is 0 Å². The Hall–Kier alpha value is -1.11. The van der Waals surface area contributed by atoms with Crippen LogP contribution in [0.2, 0.25) is 0 Å². The Labute approximate surface area is 101 Å². The monoisotopic (exact) mass is 260 g/mol. The molecule has 0 N–H and O–H groups in total. The fraction of sp³-hybridized carbons (Fsp3) is 0.455. The Morgan fingerprint density at radius 1 is 1.06 bits per heavy atom. The minimum Gasteiger partial charge on any atom is -0.497 e. The molecule has 5 nitrogen and oxygen atoms in total. The lowest BCUT2D eigenvalue weighted by molar-refractivity contribution is -0.0851. The number of hydrogen-bond donors (Lipinski definition) is 0. The molecule has 1 aromatic rings. The van der Waals surface area contributed by atoms with E-state index in [-0.39, 0.29) is 10.6 Å². The van der Waals surface area contributed by atoms with Gasteiger partial charge in [-0.3, -0.25) is 0 Å². The maximum atomic E-state index is 12.0. The second kappa shape index (κ2) is 6.00. The molecule has 0 bridgehead atoms. The lowest BCUT2D eigenvalue weighted by Gasteiger charge is -2.13. The average Bonchev–Trinajstić information content (AvgIpc) is 2.36. The van der Waals surface area contributed by atoms with Crippen molar-refractivity contribution in [2.45, 2.75) is 11.2 Å². The van der Waals surface area contributed by atoms with Crippen LogP contribution in [0.4, 0.5) is 0 Å². The lowest BCUT2D eigenvalue weighted by Crippen LogP contribution is -2.24. The van der Waals surface area contributed by atoms with Gasteiger partial charge in [-0.15, -0.1) is 0 Å². The molecule has 0 aromatic heterocycles. The summed E-state index contributed by atoms with van der Waals surface area (Å²) in [5.41, 5.74) is 0. The second-order valence-electron chi connectivity index (χ2n) is 3.36. The second-order valence-corrected chi connectivity index (χ2v) is 5.39. The lowest BCUT2D eigenvalue weighted by atomic mass is 10.3. The van der Waals surface area contributed by atoms with Crippen LogP contribution in [0, 0.1) is 0 Å². The third-order valence-corrected chi connectivity index (χ3v) is 4.00. The van der Waals surface area contributed by atoms with E-state index in [1.807, 2.05) is 0 Å². The third-order valence-electron chi connectivity index (χ3n) is 2.30. The molecule has 0 atom stereocenters. The van der Waals surface area contributed by atoms with Crippen LogP contribution in [0.15, 0.2) is 29.2 Å². The van der Waals surface area contributed by atoms with Gasteiger partial charge in [-0.1, -0.05) is 0 Å². The van der Waals surface area contributed by atoms with Crippen molar-refractivity contribution < 1.29 is 22.6 Å². The largest absolute Gasteiger partial charge is 0.497 e. The van der Waals surface area contributed by atoms with Gasteiger partial charge in [0.05, 0.1) is 12.0 Å². The topological polar surface area (TPSA) is 61.8 Å². The van der Waals surface area contributed by atoms with E-state index >= 15 is 0 Å². The fourth-order valence-corrected chi connectivity index (χ4v) is 2.66. The molecular formula is C11H16O5S. The van der Waals surface area contributed by atoms with Gasteiger partial charge in [0.25, 0.3) is 0 Å². The summed E-state index contributed by atoms with van der Waals surface area (Å²) in [6.07, 6.45) is -0.762. The van der Waals surface area contributed by atoms with Gasteiger partial charge < -0.3 is 14.2 Å². The zero-order valence-electron chi connectivity index (χ0n) is 10.0. The number of ether oxygens (including phenoxy) is 3. The predicted molar refractivity (Wildman–Crippen MR) is 62.9 cm³/mol. The van der Waals surface area contributed by atoms with E-state index in [2.05, 4.69) is 0 Å². The van der Waals surface area contributed by atoms with Crippen molar-refractivity contribution in [3.63, 3.8) is 0 Å². The van der Waals surface area contributed by atoms with Crippen LogP contribution in [0.25, 0.3) is 0 Å². The van der Waals surface area contributed by atoms with Crippen LogP contribution in [-0.4, -0.2) is 41.8 Å². The zero-order chi connectivity index (χ0) is 12.9. The van der Waals surface area contributed by atoms with E-state index in [4.69, 9.17) is 14.2 Å². The summed E-state index contributed by atoms with van der Waals surface area (Å²) in [6, 6.07) is 6.19. The van der Waals surface area contributed by atoms with E-state index < -0.39 is 16.1 Å². The van der Waals surface area contributed by atoms with Crippen molar-refractivity contribution in [3.05, 3.63) is 24.3 Å². The average molecular weight is 260 g/mol. The van der Waals surface area contributed by atoms with E-state index in [0.29, 0.717) is 5.75 Å². The Balaban J connectivity index is 2.89. The normalized spacial score (nSPS) is 11.8. The standard InChI is InChI=1S/C11H16O5S/c1-14-9-4-6-10(7-5-9)17(12,13)8-11(15-2)16-3/h4-7,11H,8H2,1-3H3. The Bertz CT molecular complexity index is 433. The van der Waals surface area contributed by atoms with E-state index in [1.165, 1.54) is 33.5 Å². The Morgan fingerprint density at radius 2 is 1.59 bits per heavy atom. The predicted octanol–water partition coefficient (Wildman–Crippen LogP) is 1.09. The van der Waals surface area contributed by atoms with Gasteiger partial charge in [-0.05, 0) is 24.3 Å². The molecule has 0 amide bonds. The van der Waals surface area contributed by atoms with E-state index in [9.17, 15) is 8.42 Å². The Kier molecular flexibility index (Phi) is 4.92. The first-order valence-electron chi connectivity index (χ1n) is 4.96. The molecule has 1 rings (SSSR count). The molecule has 96 valence electrons. The van der Waals surface area contributed by atoms with Gasteiger partial charge in [0.1, 0.15) is 11.5 Å². The molecule has 1 aromatic carbocycles. The summed E-state index contributed by atoms with van der Waals surface area (Å²) in [5.74, 6) is 0.394. The summed E-state index contributed by atoms with van der Waals surface area (Å²) < 4.78 is 38.6. The van der Waals surface area contributed by atoms with Crippen molar-refractivity contribution in [1.29, 1.82) is 0 Å². The van der Waals surface area contributed by atoms with Crippen LogP contribution in [-0.2, 0) is 19.3 Å². The van der Waals surface area contributed by atoms with Gasteiger partial charge in [0.15, 0.2) is 16.1 Å². The number of benzene rings is 1. The molecule has 0 heterocycles. The highest BCUT2D eigenvalue weighted by Gasteiger charge is 2.20. The highest BCUT2D eigenvalue weighted by atomic mass is 32.2. The van der Waals surface area contributed by atoms with Gasteiger partial charge in [-0.25, -0.2) is 8.42 Å². The molecule has 0 spiro atoms. The zero-order valence-corrected chi connectivity index (χ0v) is 10.9. The van der Waals surface area contributed by atoms with Crippen LogP contribution in [0.3, 0.4) is 0 Å². The molecule has 0 radical (unpaired) electrons. The molecule has 0 fully saturated rings. The van der Waals surface area contributed by atoms with Crippen LogP contribution < -0.4 is 4.74 Å². The first-order valence-corrected chi connectivity index (χ1v) is 6.61. The summed E-state index contributed by atoms with van der Waals surface area (Å²) in [6.45, 7) is 0. The fourth-order valence-electron chi connectivity index (χ4n) is 1.29. The SMILES string of the molecule is COc1ccc(S(=O)(=O)CC(OC)OC)cc1. The van der Waals surface area contributed by atoms with Crippen LogP contribution in [0.5, 0.6) is 5.75 Å². The molecule has 0 aliphatic heterocycles. The highest BCUT2D eigenvalue weighted by molar-refractivity contribution is 7.91. The highest BCUT2D eigenvalue weighted by Crippen LogP contribution is 2.17. The maximum absolute atomic E-state index is 12.0. The van der Waals surface area contributed by atoms with Crippen molar-refractivity contribution >= 4 is 9.84 Å². The molecular weight excluding hydrogens is 244 g/mol. The molecule has 0 saturated carbocycles. The van der Waals surface area contributed by atoms with Crippen molar-refractivity contribution in [3.8, 4) is 5.75 Å². The maximum Gasteiger partial charge on any atom is 0.183 e. The van der Waals surface area contributed by atoms with Gasteiger partial charge in [0.2, 0.25) is 0 Å². The summed E-state index contributed by atoms with van der Waals surface area (Å²) >= 11 is 0. The van der Waals surface area contributed by atoms with Gasteiger partial charge in [0, 0.05) is 14.2 Å². The Morgan fingerprint density at radius 3 is 2.00 bits per heavy atom. The van der Waals surface area contributed by atoms with Gasteiger partial charge in [-0.2, -0.15) is 0 Å². The molecule has 0 aliphatic carbocycles. The number of hydrogen-bond acceptors (Lipinski definition) is 5. The minimum atomic E-state index is -3.41. The molecule has 0 saturated heterocycles. The van der Waals surface area contributed by atoms with E-state index in [1.54, 1.807) is 12.1 Å². The minimum absolute atomic E-state index is 0.216. The third kappa shape index (κ3) is 3.69. The van der Waals surface area contributed by atoms with Gasteiger partial charge >= 0.3 is 0 Å². The number of methoxy groups -OCH3 is 3. The molecule has 0 aliphatic rings. The summed E-state index contributed by atoms with van der Waals surface area (Å²) in [5, 5.41) is 0. The van der Waals surface area contributed by atoms with E-state index in [0.717, 1.165) is 0 Å². The molecule has 0 unspecified atom stereocenters. The smallest absolute Gasteiger partial charge is 0.183 e. The summed E-state index contributed by atoms with van der Waals surface area (Å²) in [4.78, 5) is 0.220. The first kappa shape index (κ1) is 14.0. The quantitative estimate of drug-likeness (QED) is 0.716. The van der Waals surface area contributed by atoms with Crippen molar-refractivity contribution in [2.75, 3.05) is 27.1 Å². The molecule has 17 heavy (non-hydrogen) atoms. The summed E-state index contributed by atoms with van der Waals surface area (Å²) in [7, 11) is 0.910. The van der Waals surface area contributed by atoms with Crippen LogP contribution in [0.1, 0.15) is 0 Å². The van der Waals surface area contributed by atoms with Crippen molar-refractivity contribution in [1.82, 2.24) is 0 Å². The van der Waals surface area contributed by atoms with Crippen LogP contribution >= 0.6 is 0 Å².